The summed E-state index contributed by atoms with van der Waals surface area (Å²) in [6.45, 7) is 13.9. The summed E-state index contributed by atoms with van der Waals surface area (Å²) in [7, 11) is 0. The van der Waals surface area contributed by atoms with Crippen molar-refractivity contribution in [1.82, 2.24) is 5.32 Å². The van der Waals surface area contributed by atoms with E-state index in [4.69, 9.17) is 5.73 Å². The van der Waals surface area contributed by atoms with Gasteiger partial charge in [-0.2, -0.15) is 0 Å². The molecular formula is C14H34N2. The molecule has 2 nitrogen and oxygen atoms in total. The Morgan fingerprint density at radius 1 is 1.06 bits per heavy atom. The molecule has 0 aromatic rings. The Morgan fingerprint density at radius 3 is 2.12 bits per heavy atom. The number of nitrogens with two attached hydrogens (primary N) is 1. The summed E-state index contributed by atoms with van der Waals surface area (Å²) in [5, 5.41) is 3.54. The zero-order valence-corrected chi connectivity index (χ0v) is 12.2. The van der Waals surface area contributed by atoms with Crippen LogP contribution in [-0.4, -0.2) is 19.6 Å². The van der Waals surface area contributed by atoms with Gasteiger partial charge in [0, 0.05) is 0 Å². The number of nitrogens with one attached hydrogen (secondary N) is 1. The lowest BCUT2D eigenvalue weighted by Gasteiger charge is -2.17. The molecule has 0 spiro atoms. The minimum absolute atomic E-state index is 0.756. The second-order valence-corrected chi connectivity index (χ2v) is 4.64. The molecule has 0 aromatic carbocycles. The highest BCUT2D eigenvalue weighted by Gasteiger charge is 2.06. The molecule has 0 aliphatic carbocycles. The third-order valence-electron chi connectivity index (χ3n) is 2.50. The van der Waals surface area contributed by atoms with Crippen LogP contribution in [0.5, 0.6) is 0 Å². The zero-order valence-electron chi connectivity index (χ0n) is 12.2. The summed E-state index contributed by atoms with van der Waals surface area (Å²) >= 11 is 0. The number of hydrogen-bond acceptors (Lipinski definition) is 2. The van der Waals surface area contributed by atoms with Crippen LogP contribution in [0, 0.1) is 11.8 Å². The van der Waals surface area contributed by atoms with Crippen LogP contribution < -0.4 is 11.1 Å². The third kappa shape index (κ3) is 13.9. The highest BCUT2D eigenvalue weighted by Crippen LogP contribution is 2.11. The van der Waals surface area contributed by atoms with Gasteiger partial charge in [0.2, 0.25) is 0 Å². The van der Waals surface area contributed by atoms with E-state index in [1.807, 2.05) is 13.8 Å². The predicted molar refractivity (Wildman–Crippen MR) is 75.7 cm³/mol. The van der Waals surface area contributed by atoms with E-state index >= 15 is 0 Å². The van der Waals surface area contributed by atoms with Gasteiger partial charge in [0.05, 0.1) is 0 Å². The molecule has 0 rings (SSSR count). The van der Waals surface area contributed by atoms with E-state index in [1.54, 1.807) is 0 Å². The van der Waals surface area contributed by atoms with Crippen molar-refractivity contribution in [1.29, 1.82) is 0 Å². The van der Waals surface area contributed by atoms with Gasteiger partial charge in [-0.3, -0.25) is 0 Å². The Labute approximate surface area is 103 Å². The summed E-state index contributed by atoms with van der Waals surface area (Å²) in [4.78, 5) is 0. The fourth-order valence-corrected chi connectivity index (χ4v) is 1.74. The Balaban J connectivity index is 0. The van der Waals surface area contributed by atoms with Gasteiger partial charge in [-0.15, -0.1) is 0 Å². The SMILES string of the molecule is CC.CCCC(CCCN)CNCC(C)C. The molecule has 3 N–H and O–H groups in total. The minimum atomic E-state index is 0.756. The normalized spacial score (nSPS) is 12.2. The number of hydrogen-bond donors (Lipinski definition) is 2. The maximum Gasteiger partial charge on any atom is -0.00204 e. The second kappa shape index (κ2) is 14.9. The van der Waals surface area contributed by atoms with Gasteiger partial charge >= 0.3 is 0 Å². The Bertz CT molecular complexity index is 113. The highest BCUT2D eigenvalue weighted by atomic mass is 14.9. The molecule has 0 saturated heterocycles. The van der Waals surface area contributed by atoms with Crippen molar-refractivity contribution in [3.05, 3.63) is 0 Å². The third-order valence-corrected chi connectivity index (χ3v) is 2.50. The molecule has 0 bridgehead atoms. The molecule has 0 aromatic heterocycles. The van der Waals surface area contributed by atoms with Crippen molar-refractivity contribution < 1.29 is 0 Å². The quantitative estimate of drug-likeness (QED) is 0.637. The first kappa shape index (κ1) is 18.3. The Hall–Kier alpha value is -0.0800. The van der Waals surface area contributed by atoms with E-state index < -0.39 is 0 Å². The van der Waals surface area contributed by atoms with Crippen molar-refractivity contribution in [2.75, 3.05) is 19.6 Å². The summed E-state index contributed by atoms with van der Waals surface area (Å²) in [5.41, 5.74) is 5.53. The van der Waals surface area contributed by atoms with Crippen molar-refractivity contribution >= 4 is 0 Å². The zero-order chi connectivity index (χ0) is 12.8. The average molecular weight is 230 g/mol. The van der Waals surface area contributed by atoms with Gasteiger partial charge in [-0.25, -0.2) is 0 Å². The second-order valence-electron chi connectivity index (χ2n) is 4.64. The van der Waals surface area contributed by atoms with Gasteiger partial charge in [0.25, 0.3) is 0 Å². The lowest BCUT2D eigenvalue weighted by molar-refractivity contribution is 0.394. The van der Waals surface area contributed by atoms with Crippen LogP contribution in [-0.2, 0) is 0 Å². The van der Waals surface area contributed by atoms with E-state index in [1.165, 1.54) is 32.2 Å². The van der Waals surface area contributed by atoms with Crippen LogP contribution in [0.4, 0.5) is 0 Å². The maximum absolute atomic E-state index is 5.53. The molecule has 0 saturated carbocycles. The molecule has 16 heavy (non-hydrogen) atoms. The monoisotopic (exact) mass is 230 g/mol. The fraction of sp³-hybridized carbons (Fsp3) is 1.00. The lowest BCUT2D eigenvalue weighted by Crippen LogP contribution is -2.26. The first-order chi connectivity index (χ1) is 7.70. The molecule has 1 unspecified atom stereocenters. The Morgan fingerprint density at radius 2 is 1.69 bits per heavy atom. The summed E-state index contributed by atoms with van der Waals surface area (Å²) in [5.74, 6) is 1.59. The van der Waals surface area contributed by atoms with E-state index in [-0.39, 0.29) is 0 Å². The summed E-state index contributed by atoms with van der Waals surface area (Å²) in [6.07, 6.45) is 5.09. The van der Waals surface area contributed by atoms with Crippen LogP contribution in [0.3, 0.4) is 0 Å². The van der Waals surface area contributed by atoms with Gasteiger partial charge in [-0.05, 0) is 50.7 Å². The standard InChI is InChI=1S/C12H28N2.C2H6/c1-4-6-12(7-5-8-13)10-14-9-11(2)3;1-2/h11-12,14H,4-10,13H2,1-3H3;1-2H3. The van der Waals surface area contributed by atoms with Crippen LogP contribution in [0.25, 0.3) is 0 Å². The van der Waals surface area contributed by atoms with E-state index in [0.717, 1.165) is 24.9 Å². The molecule has 0 amide bonds. The van der Waals surface area contributed by atoms with E-state index in [2.05, 4.69) is 26.1 Å². The van der Waals surface area contributed by atoms with Crippen molar-refractivity contribution in [3.8, 4) is 0 Å². The summed E-state index contributed by atoms with van der Waals surface area (Å²) in [6, 6.07) is 0. The van der Waals surface area contributed by atoms with Crippen molar-refractivity contribution in [2.24, 2.45) is 17.6 Å². The van der Waals surface area contributed by atoms with Gasteiger partial charge in [-0.1, -0.05) is 41.0 Å². The maximum atomic E-state index is 5.53. The number of rotatable bonds is 9. The van der Waals surface area contributed by atoms with Crippen molar-refractivity contribution in [2.45, 2.75) is 60.3 Å². The topological polar surface area (TPSA) is 38.0 Å². The average Bonchev–Trinajstić information content (AvgIpc) is 2.28. The summed E-state index contributed by atoms with van der Waals surface area (Å²) < 4.78 is 0. The van der Waals surface area contributed by atoms with E-state index in [0.29, 0.717) is 0 Å². The largest absolute Gasteiger partial charge is 0.330 e. The molecular weight excluding hydrogens is 196 g/mol. The molecule has 0 aliphatic heterocycles. The van der Waals surface area contributed by atoms with Crippen LogP contribution in [0.1, 0.15) is 60.3 Å². The fourth-order valence-electron chi connectivity index (χ4n) is 1.74. The Kier molecular flexibility index (Phi) is 17.1. The molecule has 0 aliphatic rings. The van der Waals surface area contributed by atoms with Crippen LogP contribution in [0.2, 0.25) is 0 Å². The van der Waals surface area contributed by atoms with Crippen LogP contribution >= 0.6 is 0 Å². The van der Waals surface area contributed by atoms with E-state index in [9.17, 15) is 0 Å². The van der Waals surface area contributed by atoms with Gasteiger partial charge in [0.15, 0.2) is 0 Å². The molecule has 0 heterocycles. The molecule has 1 atom stereocenters. The molecule has 2 heteroatoms. The minimum Gasteiger partial charge on any atom is -0.330 e. The van der Waals surface area contributed by atoms with Gasteiger partial charge < -0.3 is 11.1 Å². The molecule has 100 valence electrons. The first-order valence-electron chi connectivity index (χ1n) is 7.11. The molecule has 0 fully saturated rings. The first-order valence-corrected chi connectivity index (χ1v) is 7.11. The highest BCUT2D eigenvalue weighted by molar-refractivity contribution is 4.63. The van der Waals surface area contributed by atoms with Crippen LogP contribution in [0.15, 0.2) is 0 Å². The predicted octanol–water partition coefficient (Wildman–Crippen LogP) is 3.41. The molecule has 0 radical (unpaired) electrons. The van der Waals surface area contributed by atoms with Crippen molar-refractivity contribution in [3.63, 3.8) is 0 Å². The smallest absolute Gasteiger partial charge is 0.00204 e. The lowest BCUT2D eigenvalue weighted by atomic mass is 9.98. The van der Waals surface area contributed by atoms with Gasteiger partial charge in [0.1, 0.15) is 0 Å².